The first kappa shape index (κ1) is 20.4. The van der Waals surface area contributed by atoms with Gasteiger partial charge in [-0.1, -0.05) is 5.10 Å². The lowest BCUT2D eigenvalue weighted by atomic mass is 10.1. The van der Waals surface area contributed by atoms with Crippen molar-refractivity contribution in [1.82, 2.24) is 30.0 Å². The molecule has 1 aliphatic heterocycles. The number of rotatable bonds is 5. The fraction of sp³-hybridized carbons (Fsp3) is 0.765. The quantitative estimate of drug-likeness (QED) is 0.665. The standard InChI is InChI=1S/C17H26N6O4S/c1-17(2,3)27-15(25)22-9-5-6-12(22)13(24)10-23(11-7-8-11)16(28)26-14-18-19-20-21(14)4/h11-12H,5-10H2,1-4H3/t12-/m0/s1. The molecule has 1 saturated heterocycles. The molecule has 2 aliphatic rings. The van der Waals surface area contributed by atoms with Crippen molar-refractivity contribution >= 4 is 29.3 Å². The van der Waals surface area contributed by atoms with Crippen LogP contribution >= 0.6 is 12.2 Å². The number of hydrogen-bond acceptors (Lipinski definition) is 8. The Morgan fingerprint density at radius 3 is 2.57 bits per heavy atom. The fourth-order valence-corrected chi connectivity index (χ4v) is 3.38. The zero-order valence-corrected chi connectivity index (χ0v) is 17.4. The van der Waals surface area contributed by atoms with E-state index in [1.165, 1.54) is 9.58 Å². The second-order valence-corrected chi connectivity index (χ2v) is 8.46. The van der Waals surface area contributed by atoms with Crippen LogP contribution in [0.1, 0.15) is 46.5 Å². The Labute approximate surface area is 169 Å². The molecule has 1 aromatic heterocycles. The molecule has 154 valence electrons. The zero-order valence-electron chi connectivity index (χ0n) is 16.6. The van der Waals surface area contributed by atoms with E-state index in [2.05, 4.69) is 15.5 Å². The van der Waals surface area contributed by atoms with Crippen LogP contribution in [0.15, 0.2) is 0 Å². The van der Waals surface area contributed by atoms with Gasteiger partial charge in [-0.05, 0) is 69.1 Å². The van der Waals surface area contributed by atoms with Gasteiger partial charge in [-0.3, -0.25) is 9.69 Å². The van der Waals surface area contributed by atoms with Crippen LogP contribution in [0.2, 0.25) is 0 Å². The maximum absolute atomic E-state index is 13.0. The molecule has 10 nitrogen and oxygen atoms in total. The van der Waals surface area contributed by atoms with Crippen LogP contribution in [0, 0.1) is 0 Å². The molecule has 1 amide bonds. The average molecular weight is 411 g/mol. The normalized spacial score (nSPS) is 19.4. The predicted octanol–water partition coefficient (Wildman–Crippen LogP) is 1.31. The van der Waals surface area contributed by atoms with E-state index in [1.54, 1.807) is 11.9 Å². The topological polar surface area (TPSA) is 103 Å². The lowest BCUT2D eigenvalue weighted by molar-refractivity contribution is -0.123. The number of ether oxygens (including phenoxy) is 2. The fourth-order valence-electron chi connectivity index (χ4n) is 3.09. The lowest BCUT2D eigenvalue weighted by Gasteiger charge is -2.30. The van der Waals surface area contributed by atoms with E-state index < -0.39 is 17.7 Å². The van der Waals surface area contributed by atoms with E-state index in [4.69, 9.17) is 21.7 Å². The third kappa shape index (κ3) is 4.94. The van der Waals surface area contributed by atoms with Crippen molar-refractivity contribution in [3.8, 4) is 6.01 Å². The van der Waals surface area contributed by atoms with Gasteiger partial charge in [-0.2, -0.15) is 4.68 Å². The van der Waals surface area contributed by atoms with Gasteiger partial charge in [0.05, 0.1) is 12.6 Å². The summed E-state index contributed by atoms with van der Waals surface area (Å²) >= 11 is 5.38. The van der Waals surface area contributed by atoms with Crippen LogP contribution in [-0.2, 0) is 16.6 Å². The summed E-state index contributed by atoms with van der Waals surface area (Å²) in [5, 5.41) is 11.1. The van der Waals surface area contributed by atoms with Gasteiger partial charge in [0.2, 0.25) is 0 Å². The molecule has 0 spiro atoms. The molecule has 3 rings (SSSR count). The molecule has 1 saturated carbocycles. The number of likely N-dealkylation sites (tertiary alicyclic amines) is 1. The molecule has 0 aromatic carbocycles. The zero-order chi connectivity index (χ0) is 20.5. The third-order valence-corrected chi connectivity index (χ3v) is 4.88. The van der Waals surface area contributed by atoms with E-state index in [1.807, 2.05) is 20.8 Å². The van der Waals surface area contributed by atoms with Gasteiger partial charge in [0, 0.05) is 19.6 Å². The Morgan fingerprint density at radius 2 is 2.00 bits per heavy atom. The Bertz CT molecular complexity index is 757. The molecule has 1 atom stereocenters. The number of amides is 1. The van der Waals surface area contributed by atoms with Crippen molar-refractivity contribution in [3.63, 3.8) is 0 Å². The minimum atomic E-state index is -0.604. The number of ketones is 1. The van der Waals surface area contributed by atoms with Crippen LogP contribution in [-0.4, -0.2) is 77.8 Å². The molecule has 0 N–H and O–H groups in total. The molecule has 2 heterocycles. The first-order chi connectivity index (χ1) is 13.2. The largest absolute Gasteiger partial charge is 0.444 e. The van der Waals surface area contributed by atoms with Crippen LogP contribution < -0.4 is 4.74 Å². The van der Waals surface area contributed by atoms with Crippen LogP contribution in [0.4, 0.5) is 4.79 Å². The molecule has 1 aliphatic carbocycles. The second-order valence-electron chi connectivity index (χ2n) is 8.11. The van der Waals surface area contributed by atoms with Crippen molar-refractivity contribution in [1.29, 1.82) is 0 Å². The number of carbonyl (C=O) groups excluding carboxylic acids is 2. The molecule has 2 fully saturated rings. The summed E-state index contributed by atoms with van der Waals surface area (Å²) in [6.07, 6.45) is 2.82. The number of tetrazole rings is 1. The van der Waals surface area contributed by atoms with Crippen LogP contribution in [0.3, 0.4) is 0 Å². The maximum Gasteiger partial charge on any atom is 0.410 e. The highest BCUT2D eigenvalue weighted by molar-refractivity contribution is 7.80. The SMILES string of the molecule is Cn1nnnc1OC(=S)N(CC(=O)[C@@H]1CCCN1C(=O)OC(C)(C)C)C1CC1. The summed E-state index contributed by atoms with van der Waals surface area (Å²) in [6, 6.07) is -0.177. The van der Waals surface area contributed by atoms with Crippen molar-refractivity contribution in [2.75, 3.05) is 13.1 Å². The van der Waals surface area contributed by atoms with Gasteiger partial charge in [-0.25, -0.2) is 4.79 Å². The number of hydrogen-bond donors (Lipinski definition) is 0. The molecule has 0 unspecified atom stereocenters. The first-order valence-corrected chi connectivity index (χ1v) is 9.79. The number of Topliss-reactive ketones (excluding diaryl/α,β-unsaturated/α-hetero) is 1. The van der Waals surface area contributed by atoms with Gasteiger partial charge in [0.25, 0.3) is 5.17 Å². The van der Waals surface area contributed by atoms with Crippen LogP contribution in [0.25, 0.3) is 0 Å². The average Bonchev–Trinajstić information content (AvgIpc) is 3.16. The monoisotopic (exact) mass is 410 g/mol. The van der Waals surface area contributed by atoms with Crippen molar-refractivity contribution in [2.24, 2.45) is 7.05 Å². The highest BCUT2D eigenvalue weighted by atomic mass is 32.1. The highest BCUT2D eigenvalue weighted by Gasteiger charge is 2.40. The molecular formula is C17H26N6O4S. The van der Waals surface area contributed by atoms with Gasteiger partial charge >= 0.3 is 12.1 Å². The minimum Gasteiger partial charge on any atom is -0.444 e. The van der Waals surface area contributed by atoms with Gasteiger partial charge in [0.1, 0.15) is 5.60 Å². The van der Waals surface area contributed by atoms with E-state index in [0.29, 0.717) is 13.0 Å². The summed E-state index contributed by atoms with van der Waals surface area (Å²) in [6.45, 7) is 6.02. The summed E-state index contributed by atoms with van der Waals surface area (Å²) in [7, 11) is 1.64. The number of thiocarbonyl (C=S) groups is 1. The summed E-state index contributed by atoms with van der Waals surface area (Å²) in [5.41, 5.74) is -0.604. The molecule has 0 bridgehead atoms. The minimum absolute atomic E-state index is 0.0719. The molecule has 0 radical (unpaired) electrons. The highest BCUT2D eigenvalue weighted by Crippen LogP contribution is 2.29. The van der Waals surface area contributed by atoms with E-state index in [9.17, 15) is 9.59 Å². The molecule has 11 heteroatoms. The number of carbonyl (C=O) groups is 2. The molecular weight excluding hydrogens is 384 g/mol. The summed E-state index contributed by atoms with van der Waals surface area (Å²) < 4.78 is 12.4. The Morgan fingerprint density at radius 1 is 1.29 bits per heavy atom. The van der Waals surface area contributed by atoms with E-state index in [0.717, 1.165) is 19.3 Å². The Balaban J connectivity index is 1.64. The van der Waals surface area contributed by atoms with Crippen LogP contribution in [0.5, 0.6) is 6.01 Å². The molecule has 28 heavy (non-hydrogen) atoms. The van der Waals surface area contributed by atoms with Gasteiger partial charge in [-0.15, -0.1) is 0 Å². The molecule has 1 aromatic rings. The second kappa shape index (κ2) is 7.98. The van der Waals surface area contributed by atoms with E-state index in [-0.39, 0.29) is 29.6 Å². The first-order valence-electron chi connectivity index (χ1n) is 9.39. The van der Waals surface area contributed by atoms with Gasteiger partial charge in [0.15, 0.2) is 5.78 Å². The third-order valence-electron chi connectivity index (χ3n) is 4.56. The predicted molar refractivity (Wildman–Crippen MR) is 103 cm³/mol. The maximum atomic E-state index is 13.0. The Hall–Kier alpha value is -2.30. The van der Waals surface area contributed by atoms with Crippen molar-refractivity contribution in [2.45, 2.75) is 64.1 Å². The van der Waals surface area contributed by atoms with Gasteiger partial charge < -0.3 is 14.4 Å². The Kier molecular flexibility index (Phi) is 5.82. The lowest BCUT2D eigenvalue weighted by Crippen LogP contribution is -2.48. The number of nitrogens with zero attached hydrogens (tertiary/aromatic N) is 6. The number of aromatic nitrogens is 4. The number of aryl methyl sites for hydroxylation is 1. The summed E-state index contributed by atoms with van der Waals surface area (Å²) in [5.74, 6) is -0.0719. The van der Waals surface area contributed by atoms with Crippen molar-refractivity contribution in [3.05, 3.63) is 0 Å². The van der Waals surface area contributed by atoms with E-state index >= 15 is 0 Å². The summed E-state index contributed by atoms with van der Waals surface area (Å²) in [4.78, 5) is 28.7. The smallest absolute Gasteiger partial charge is 0.410 e. The van der Waals surface area contributed by atoms with Crippen molar-refractivity contribution < 1.29 is 19.1 Å².